The Morgan fingerprint density at radius 1 is 1.26 bits per heavy atom. The van der Waals surface area contributed by atoms with Crippen molar-refractivity contribution < 1.29 is 14.1 Å². The van der Waals surface area contributed by atoms with Gasteiger partial charge in [0, 0.05) is 31.8 Å². The average Bonchev–Trinajstić information content (AvgIpc) is 3.46. The van der Waals surface area contributed by atoms with Gasteiger partial charge in [0.2, 0.25) is 11.7 Å². The molecule has 0 N–H and O–H groups in total. The maximum absolute atomic E-state index is 12.1. The summed E-state index contributed by atoms with van der Waals surface area (Å²) in [6.07, 6.45) is 1.91. The molecule has 1 aliphatic rings. The van der Waals surface area contributed by atoms with Crippen LogP contribution in [0.25, 0.3) is 22.8 Å². The molecule has 0 spiro atoms. The molecule has 182 valence electrons. The molecule has 8 nitrogen and oxygen atoms in total. The number of nitrogens with zero attached hydrogens (tertiary/aromatic N) is 5. The maximum Gasteiger partial charge on any atom is 0.258 e. The zero-order valence-corrected chi connectivity index (χ0v) is 20.9. The van der Waals surface area contributed by atoms with E-state index in [1.165, 1.54) is 11.1 Å². The summed E-state index contributed by atoms with van der Waals surface area (Å²) in [4.78, 5) is 20.4. The lowest BCUT2D eigenvalue weighted by Crippen LogP contribution is -2.36. The van der Waals surface area contributed by atoms with E-state index >= 15 is 0 Å². The van der Waals surface area contributed by atoms with Crippen molar-refractivity contribution in [2.45, 2.75) is 38.7 Å². The summed E-state index contributed by atoms with van der Waals surface area (Å²) < 4.78 is 11.3. The first kappa shape index (κ1) is 24.4. The number of carbonyl (C=O) groups is 1. The first-order chi connectivity index (χ1) is 16.8. The Bertz CT molecular complexity index is 1260. The van der Waals surface area contributed by atoms with Gasteiger partial charge < -0.3 is 14.2 Å². The minimum Gasteiger partial charge on any atom is -0.490 e. The lowest BCUT2D eigenvalue weighted by atomic mass is 9.98. The monoisotopic (exact) mass is 473 g/mol. The van der Waals surface area contributed by atoms with E-state index in [2.05, 4.69) is 27.2 Å². The largest absolute Gasteiger partial charge is 0.490 e. The third-order valence-corrected chi connectivity index (χ3v) is 6.21. The van der Waals surface area contributed by atoms with E-state index in [9.17, 15) is 10.1 Å². The fourth-order valence-electron chi connectivity index (χ4n) is 4.51. The van der Waals surface area contributed by atoms with Crippen LogP contribution in [0, 0.1) is 11.3 Å². The Labute approximate surface area is 206 Å². The molecule has 1 atom stereocenters. The molecule has 1 amide bonds. The lowest BCUT2D eigenvalue weighted by molar-refractivity contribution is -0.129. The zero-order valence-electron chi connectivity index (χ0n) is 20.9. The van der Waals surface area contributed by atoms with Gasteiger partial charge in [-0.1, -0.05) is 23.4 Å². The van der Waals surface area contributed by atoms with Gasteiger partial charge in [-0.25, -0.2) is 0 Å². The summed E-state index contributed by atoms with van der Waals surface area (Å²) in [6.45, 7) is 5.06. The van der Waals surface area contributed by atoms with Crippen molar-refractivity contribution in [3.05, 3.63) is 53.1 Å². The van der Waals surface area contributed by atoms with Gasteiger partial charge in [-0.05, 0) is 69.0 Å². The number of hydrogen-bond donors (Lipinski definition) is 0. The van der Waals surface area contributed by atoms with Gasteiger partial charge in [0.25, 0.3) is 5.89 Å². The van der Waals surface area contributed by atoms with Gasteiger partial charge in [-0.3, -0.25) is 9.69 Å². The number of aromatic nitrogens is 2. The van der Waals surface area contributed by atoms with E-state index in [4.69, 9.17) is 9.26 Å². The van der Waals surface area contributed by atoms with Crippen molar-refractivity contribution in [3.63, 3.8) is 0 Å². The van der Waals surface area contributed by atoms with E-state index < -0.39 is 0 Å². The van der Waals surface area contributed by atoms with Crippen LogP contribution in [0.1, 0.15) is 42.9 Å². The van der Waals surface area contributed by atoms with Crippen LogP contribution in [0.4, 0.5) is 0 Å². The normalized spacial score (nSPS) is 14.7. The van der Waals surface area contributed by atoms with E-state index in [0.717, 1.165) is 24.9 Å². The summed E-state index contributed by atoms with van der Waals surface area (Å²) in [5.41, 5.74) is 4.58. The molecule has 0 saturated carbocycles. The van der Waals surface area contributed by atoms with Gasteiger partial charge in [-0.15, -0.1) is 0 Å². The average molecular weight is 474 g/mol. The van der Waals surface area contributed by atoms with Gasteiger partial charge in [0.1, 0.15) is 11.8 Å². The molecule has 35 heavy (non-hydrogen) atoms. The molecule has 1 unspecified atom stereocenters. The Hall–Kier alpha value is -3.70. The number of likely N-dealkylation sites (N-methyl/N-ethyl adjacent to an activating group) is 2. The van der Waals surface area contributed by atoms with Crippen molar-refractivity contribution >= 4 is 5.91 Å². The van der Waals surface area contributed by atoms with Crippen LogP contribution in [-0.2, 0) is 11.2 Å². The molecular weight excluding hydrogens is 442 g/mol. The number of carbonyl (C=O) groups excluding carboxylic acids is 1. The highest BCUT2D eigenvalue weighted by atomic mass is 16.5. The van der Waals surface area contributed by atoms with Gasteiger partial charge in [0.05, 0.1) is 18.2 Å². The van der Waals surface area contributed by atoms with Crippen LogP contribution in [0.15, 0.2) is 40.9 Å². The quantitative estimate of drug-likeness (QED) is 0.486. The predicted octanol–water partition coefficient (Wildman–Crippen LogP) is 4.11. The lowest BCUT2D eigenvalue weighted by Gasteiger charge is -2.22. The molecule has 4 rings (SSSR count). The SMILES string of the molecule is CC(C)Oc1ccc(-c2nc(-c3cccc4c3CCC4CN(C)CC(=O)N(C)C)no2)cc1C#N. The predicted molar refractivity (Wildman–Crippen MR) is 133 cm³/mol. The maximum atomic E-state index is 12.1. The summed E-state index contributed by atoms with van der Waals surface area (Å²) in [7, 11) is 5.55. The number of benzene rings is 2. The van der Waals surface area contributed by atoms with Crippen LogP contribution in [0.3, 0.4) is 0 Å². The van der Waals surface area contributed by atoms with Gasteiger partial charge in [-0.2, -0.15) is 10.2 Å². The first-order valence-corrected chi connectivity index (χ1v) is 11.8. The molecule has 0 radical (unpaired) electrons. The van der Waals surface area contributed by atoms with E-state index in [-0.39, 0.29) is 12.0 Å². The van der Waals surface area contributed by atoms with Crippen LogP contribution >= 0.6 is 0 Å². The van der Waals surface area contributed by atoms with Gasteiger partial charge in [0.15, 0.2) is 0 Å². The van der Waals surface area contributed by atoms with Crippen molar-refractivity contribution in [1.82, 2.24) is 19.9 Å². The molecule has 2 aromatic carbocycles. The van der Waals surface area contributed by atoms with Crippen molar-refractivity contribution in [3.8, 4) is 34.7 Å². The molecular formula is C27H31N5O3. The first-order valence-electron chi connectivity index (χ1n) is 11.8. The van der Waals surface area contributed by atoms with Gasteiger partial charge >= 0.3 is 0 Å². The Kier molecular flexibility index (Phi) is 7.17. The molecule has 1 aromatic heterocycles. The Morgan fingerprint density at radius 2 is 2.06 bits per heavy atom. The fourth-order valence-corrected chi connectivity index (χ4v) is 4.51. The number of hydrogen-bond acceptors (Lipinski definition) is 7. The topological polar surface area (TPSA) is 95.5 Å². The van der Waals surface area contributed by atoms with E-state index in [1.54, 1.807) is 31.1 Å². The summed E-state index contributed by atoms with van der Waals surface area (Å²) >= 11 is 0. The van der Waals surface area contributed by atoms with Crippen LogP contribution in [0.5, 0.6) is 5.75 Å². The molecule has 8 heteroatoms. The molecule has 1 heterocycles. The minimum absolute atomic E-state index is 0.0276. The molecule has 1 aliphatic carbocycles. The summed E-state index contributed by atoms with van der Waals surface area (Å²) in [5, 5.41) is 13.8. The van der Waals surface area contributed by atoms with Crippen LogP contribution in [0.2, 0.25) is 0 Å². The Balaban J connectivity index is 1.55. The second-order valence-corrected chi connectivity index (χ2v) is 9.51. The number of fused-ring (bicyclic) bond motifs is 1. The Morgan fingerprint density at radius 3 is 2.77 bits per heavy atom. The second-order valence-electron chi connectivity index (χ2n) is 9.51. The smallest absolute Gasteiger partial charge is 0.258 e. The molecule has 0 fully saturated rings. The van der Waals surface area contributed by atoms with Crippen molar-refractivity contribution in [1.29, 1.82) is 5.26 Å². The number of rotatable bonds is 8. The second kappa shape index (κ2) is 10.3. The summed E-state index contributed by atoms with van der Waals surface area (Å²) in [6, 6.07) is 13.7. The highest BCUT2D eigenvalue weighted by Gasteiger charge is 2.28. The van der Waals surface area contributed by atoms with Crippen LogP contribution < -0.4 is 4.74 Å². The van der Waals surface area contributed by atoms with Crippen LogP contribution in [-0.4, -0.2) is 66.2 Å². The fraction of sp³-hybridized carbons (Fsp3) is 0.407. The zero-order chi connectivity index (χ0) is 25.1. The molecule has 3 aromatic rings. The molecule has 0 saturated heterocycles. The number of amides is 1. The van der Waals surface area contributed by atoms with Crippen molar-refractivity contribution in [2.24, 2.45) is 0 Å². The highest BCUT2D eigenvalue weighted by Crippen LogP contribution is 2.39. The van der Waals surface area contributed by atoms with E-state index in [1.807, 2.05) is 39.1 Å². The number of nitriles is 1. The third kappa shape index (κ3) is 5.36. The minimum atomic E-state index is -0.0276. The number of ether oxygens (including phenoxy) is 1. The highest BCUT2D eigenvalue weighted by molar-refractivity contribution is 5.77. The molecule has 0 bridgehead atoms. The van der Waals surface area contributed by atoms with E-state index in [0.29, 0.717) is 41.1 Å². The summed E-state index contributed by atoms with van der Waals surface area (Å²) in [5.74, 6) is 1.89. The van der Waals surface area contributed by atoms with Crippen molar-refractivity contribution in [2.75, 3.05) is 34.2 Å². The standard InChI is InChI=1S/C27H31N5O3/c1-17(2)34-24-12-10-18(13-20(24)14-28)27-29-26(30-35-27)23-8-6-7-21-19(9-11-22(21)23)15-32(5)16-25(33)31(3)4/h6-8,10,12-13,17,19H,9,11,15-16H2,1-5H3. The molecule has 0 aliphatic heterocycles. The third-order valence-electron chi connectivity index (χ3n) is 6.21.